The van der Waals surface area contributed by atoms with Gasteiger partial charge in [-0.1, -0.05) is 0 Å². The van der Waals surface area contributed by atoms with Crippen molar-refractivity contribution in [2.75, 3.05) is 30.3 Å². The molecule has 0 spiro atoms. The molecule has 1 saturated heterocycles. The Bertz CT molecular complexity index is 725. The first kappa shape index (κ1) is 16.4. The Morgan fingerprint density at radius 2 is 2.08 bits per heavy atom. The van der Waals surface area contributed by atoms with Gasteiger partial charge in [-0.25, -0.2) is 4.39 Å². The summed E-state index contributed by atoms with van der Waals surface area (Å²) in [5, 5.41) is 27.1. The predicted octanol–water partition coefficient (Wildman–Crippen LogP) is 0.985. The molecule has 24 heavy (non-hydrogen) atoms. The van der Waals surface area contributed by atoms with Crippen LogP contribution in [-0.2, 0) is 0 Å². The molecule has 2 aliphatic rings. The number of halogens is 1. The standard InChI is InChI=1S/C16H20FN5O2/c17-9-5-10(14(19)24)13-12(6-9)21-15(22-13)11(7-18)16(8-23)1-3-20-4-2-16/h5-7,18,20-23H,1-4,8H2,(H2,19,24)/b15-11+,18-7?. The van der Waals surface area contributed by atoms with Crippen LogP contribution in [0.3, 0.4) is 0 Å². The van der Waals surface area contributed by atoms with Crippen LogP contribution in [-0.4, -0.2) is 36.9 Å². The van der Waals surface area contributed by atoms with Gasteiger partial charge in [0.15, 0.2) is 0 Å². The van der Waals surface area contributed by atoms with Crippen LogP contribution < -0.4 is 21.7 Å². The highest BCUT2D eigenvalue weighted by molar-refractivity contribution is 6.04. The van der Waals surface area contributed by atoms with Gasteiger partial charge in [0, 0.05) is 17.2 Å². The summed E-state index contributed by atoms with van der Waals surface area (Å²) in [5.41, 5.74) is 6.18. The number of anilines is 2. The summed E-state index contributed by atoms with van der Waals surface area (Å²) < 4.78 is 13.7. The first-order valence-electron chi connectivity index (χ1n) is 7.75. The molecule has 128 valence electrons. The lowest BCUT2D eigenvalue weighted by atomic mass is 9.73. The minimum absolute atomic E-state index is 0.0418. The number of fused-ring (bicyclic) bond motifs is 1. The number of aliphatic hydroxyl groups excluding tert-OH is 1. The van der Waals surface area contributed by atoms with Gasteiger partial charge in [-0.15, -0.1) is 0 Å². The highest BCUT2D eigenvalue weighted by Crippen LogP contribution is 2.41. The molecular formula is C16H20FN5O2. The summed E-state index contributed by atoms with van der Waals surface area (Å²) in [5.74, 6) is -0.839. The molecule has 1 fully saturated rings. The van der Waals surface area contributed by atoms with Crippen molar-refractivity contribution in [3.63, 3.8) is 0 Å². The number of hydrogen-bond acceptors (Lipinski definition) is 6. The lowest BCUT2D eigenvalue weighted by Crippen LogP contribution is -2.42. The largest absolute Gasteiger partial charge is 0.395 e. The average Bonchev–Trinajstić information content (AvgIpc) is 2.98. The minimum Gasteiger partial charge on any atom is -0.395 e. The maximum atomic E-state index is 13.7. The van der Waals surface area contributed by atoms with E-state index in [9.17, 15) is 14.3 Å². The maximum absolute atomic E-state index is 13.7. The van der Waals surface area contributed by atoms with Gasteiger partial charge < -0.3 is 32.2 Å². The van der Waals surface area contributed by atoms with Crippen LogP contribution in [0.1, 0.15) is 23.2 Å². The Balaban J connectivity index is 2.06. The number of nitrogens with two attached hydrogens (primary N) is 1. The van der Waals surface area contributed by atoms with Crippen molar-refractivity contribution in [3.8, 4) is 0 Å². The van der Waals surface area contributed by atoms with Crippen LogP contribution in [0.25, 0.3) is 0 Å². The lowest BCUT2D eigenvalue weighted by Gasteiger charge is -2.37. The molecule has 0 radical (unpaired) electrons. The van der Waals surface area contributed by atoms with Gasteiger partial charge in [0.25, 0.3) is 5.91 Å². The highest BCUT2D eigenvalue weighted by atomic mass is 19.1. The number of carbonyl (C=O) groups is 1. The van der Waals surface area contributed by atoms with Crippen molar-refractivity contribution >= 4 is 23.5 Å². The monoisotopic (exact) mass is 333 g/mol. The molecule has 1 aromatic rings. The minimum atomic E-state index is -0.739. The number of primary amides is 1. The van der Waals surface area contributed by atoms with E-state index in [0.29, 0.717) is 35.6 Å². The van der Waals surface area contributed by atoms with Gasteiger partial charge in [-0.3, -0.25) is 4.79 Å². The number of rotatable bonds is 4. The number of benzene rings is 1. The number of aliphatic hydroxyl groups is 1. The van der Waals surface area contributed by atoms with Gasteiger partial charge in [0.05, 0.1) is 23.5 Å². The molecule has 7 N–H and O–H groups in total. The van der Waals surface area contributed by atoms with E-state index < -0.39 is 17.1 Å². The van der Waals surface area contributed by atoms with E-state index in [1.807, 2.05) is 0 Å². The molecule has 2 aliphatic heterocycles. The second-order valence-electron chi connectivity index (χ2n) is 6.11. The van der Waals surface area contributed by atoms with Crippen LogP contribution in [0.5, 0.6) is 0 Å². The van der Waals surface area contributed by atoms with Crippen molar-refractivity contribution < 1.29 is 14.3 Å². The smallest absolute Gasteiger partial charge is 0.250 e. The molecule has 0 unspecified atom stereocenters. The van der Waals surface area contributed by atoms with Crippen molar-refractivity contribution in [1.82, 2.24) is 5.32 Å². The molecule has 0 aromatic heterocycles. The summed E-state index contributed by atoms with van der Waals surface area (Å²) in [4.78, 5) is 11.6. The maximum Gasteiger partial charge on any atom is 0.250 e. The molecular weight excluding hydrogens is 313 g/mol. The van der Waals surface area contributed by atoms with Gasteiger partial charge in [0.2, 0.25) is 0 Å². The first-order valence-corrected chi connectivity index (χ1v) is 7.75. The molecule has 0 atom stereocenters. The van der Waals surface area contributed by atoms with E-state index in [2.05, 4.69) is 16.0 Å². The molecule has 7 nitrogen and oxygen atoms in total. The Morgan fingerprint density at radius 1 is 1.38 bits per heavy atom. The van der Waals surface area contributed by atoms with Gasteiger partial charge in [0.1, 0.15) is 11.6 Å². The van der Waals surface area contributed by atoms with Crippen molar-refractivity contribution in [1.29, 1.82) is 5.41 Å². The summed E-state index contributed by atoms with van der Waals surface area (Å²) in [6, 6.07) is 2.34. The second-order valence-corrected chi connectivity index (χ2v) is 6.11. The third-order valence-corrected chi connectivity index (χ3v) is 4.73. The van der Waals surface area contributed by atoms with Crippen LogP contribution in [0, 0.1) is 16.6 Å². The zero-order valence-corrected chi connectivity index (χ0v) is 13.1. The van der Waals surface area contributed by atoms with Crippen LogP contribution in [0.2, 0.25) is 0 Å². The fourth-order valence-electron chi connectivity index (χ4n) is 3.37. The lowest BCUT2D eigenvalue weighted by molar-refractivity contribution is 0.100. The van der Waals surface area contributed by atoms with Gasteiger partial charge in [-0.2, -0.15) is 0 Å². The molecule has 1 aromatic carbocycles. The third kappa shape index (κ3) is 2.63. The summed E-state index contributed by atoms with van der Waals surface area (Å²) >= 11 is 0. The molecule has 8 heteroatoms. The van der Waals surface area contributed by atoms with Crippen LogP contribution in [0.15, 0.2) is 23.5 Å². The molecule has 1 amide bonds. The van der Waals surface area contributed by atoms with Gasteiger partial charge in [-0.05, 0) is 38.1 Å². The number of piperidine rings is 1. The first-order chi connectivity index (χ1) is 11.5. The van der Waals surface area contributed by atoms with Crippen LogP contribution >= 0.6 is 0 Å². The average molecular weight is 333 g/mol. The van der Waals surface area contributed by atoms with Gasteiger partial charge >= 0.3 is 0 Å². The molecule has 0 aliphatic carbocycles. The normalized spacial score (nSPS) is 20.6. The molecule has 0 bridgehead atoms. The van der Waals surface area contributed by atoms with E-state index in [1.165, 1.54) is 12.3 Å². The van der Waals surface area contributed by atoms with Crippen LogP contribution in [0.4, 0.5) is 15.8 Å². The van der Waals surface area contributed by atoms with E-state index in [-0.39, 0.29) is 12.2 Å². The topological polar surface area (TPSA) is 123 Å². The highest BCUT2D eigenvalue weighted by Gasteiger charge is 2.38. The number of carbonyl (C=O) groups excluding carboxylic acids is 1. The van der Waals surface area contributed by atoms with Crippen molar-refractivity contribution in [3.05, 3.63) is 34.9 Å². The van der Waals surface area contributed by atoms with E-state index >= 15 is 0 Å². The van der Waals surface area contributed by atoms with E-state index in [0.717, 1.165) is 19.2 Å². The Hall–Kier alpha value is -2.45. The molecule has 2 heterocycles. The predicted molar refractivity (Wildman–Crippen MR) is 89.6 cm³/mol. The molecule has 3 rings (SSSR count). The van der Waals surface area contributed by atoms with Crippen molar-refractivity contribution in [2.45, 2.75) is 12.8 Å². The fourth-order valence-corrected chi connectivity index (χ4v) is 3.37. The van der Waals surface area contributed by atoms with Crippen molar-refractivity contribution in [2.24, 2.45) is 11.1 Å². The fraction of sp³-hybridized carbons (Fsp3) is 0.375. The zero-order chi connectivity index (χ0) is 17.3. The quantitative estimate of drug-likeness (QED) is 0.459. The number of hydrogen-bond donors (Lipinski definition) is 6. The number of nitrogens with one attached hydrogen (secondary N) is 4. The summed E-state index contributed by atoms with van der Waals surface area (Å²) in [7, 11) is 0. The Labute approximate surface area is 138 Å². The number of amides is 1. The summed E-state index contributed by atoms with van der Waals surface area (Å²) in [6.07, 6.45) is 2.55. The van der Waals surface area contributed by atoms with E-state index in [1.54, 1.807) is 0 Å². The molecule has 0 saturated carbocycles. The van der Waals surface area contributed by atoms with E-state index in [4.69, 9.17) is 11.1 Å². The third-order valence-electron chi connectivity index (χ3n) is 4.73. The Morgan fingerprint density at radius 3 is 2.67 bits per heavy atom. The second kappa shape index (κ2) is 6.21. The zero-order valence-electron chi connectivity index (χ0n) is 13.1. The summed E-state index contributed by atoms with van der Waals surface area (Å²) in [6.45, 7) is 1.37. The SMILES string of the molecule is N=C/C(=C1/Nc2cc(F)cc(C(N)=O)c2N1)C1(CO)CCNCC1. The Kier molecular flexibility index (Phi) is 4.25.